The average Bonchev–Trinajstić information content (AvgIpc) is 2.45. The van der Waals surface area contributed by atoms with Crippen LogP contribution in [0.1, 0.15) is 25.3 Å². The Morgan fingerprint density at radius 1 is 1.52 bits per heavy atom. The van der Waals surface area contributed by atoms with Crippen LogP contribution in [0.15, 0.2) is 18.2 Å². The van der Waals surface area contributed by atoms with E-state index in [-0.39, 0.29) is 18.1 Å². The number of non-ortho nitro benzene ring substituents is 1. The van der Waals surface area contributed by atoms with Crippen molar-refractivity contribution in [2.24, 2.45) is 5.92 Å². The van der Waals surface area contributed by atoms with Crippen molar-refractivity contribution < 1.29 is 9.72 Å². The molecule has 1 atom stereocenters. The molecule has 0 radical (unpaired) electrons. The second-order valence-electron chi connectivity index (χ2n) is 5.70. The first-order valence-electron chi connectivity index (χ1n) is 7.24. The van der Waals surface area contributed by atoms with Crippen LogP contribution in [-0.4, -0.2) is 35.4 Å². The molecule has 0 aromatic heterocycles. The standard InChI is InChI=1S/C15H21N3O3/c1-11-4-3-7-17(10-11)15(19)9-16-14-8-13(18(20)21)6-5-12(14)2/h5-6,8,11,16H,3-4,7,9-10H2,1-2H3/t11-/m1/s1. The molecule has 0 saturated carbocycles. The first kappa shape index (κ1) is 15.3. The number of carbonyl (C=O) groups excluding carboxylic acids is 1. The molecule has 1 fully saturated rings. The van der Waals surface area contributed by atoms with E-state index in [1.165, 1.54) is 18.6 Å². The zero-order valence-corrected chi connectivity index (χ0v) is 12.5. The summed E-state index contributed by atoms with van der Waals surface area (Å²) in [7, 11) is 0. The number of nitro groups is 1. The van der Waals surface area contributed by atoms with Crippen molar-refractivity contribution in [2.45, 2.75) is 26.7 Å². The van der Waals surface area contributed by atoms with Crippen molar-refractivity contribution in [3.05, 3.63) is 33.9 Å². The number of nitro benzene ring substituents is 1. The van der Waals surface area contributed by atoms with E-state index in [1.54, 1.807) is 6.07 Å². The number of rotatable bonds is 4. The Labute approximate surface area is 124 Å². The monoisotopic (exact) mass is 291 g/mol. The maximum absolute atomic E-state index is 12.2. The summed E-state index contributed by atoms with van der Waals surface area (Å²) in [5, 5.41) is 13.8. The number of nitrogens with one attached hydrogen (secondary N) is 1. The summed E-state index contributed by atoms with van der Waals surface area (Å²) < 4.78 is 0. The third-order valence-corrected chi connectivity index (χ3v) is 3.87. The van der Waals surface area contributed by atoms with Crippen LogP contribution in [0.5, 0.6) is 0 Å². The molecule has 0 unspecified atom stereocenters. The molecule has 1 N–H and O–H groups in total. The first-order valence-corrected chi connectivity index (χ1v) is 7.24. The fourth-order valence-corrected chi connectivity index (χ4v) is 2.61. The summed E-state index contributed by atoms with van der Waals surface area (Å²) in [6.45, 7) is 5.79. The van der Waals surface area contributed by atoms with E-state index in [0.29, 0.717) is 11.6 Å². The second-order valence-corrected chi connectivity index (χ2v) is 5.70. The molecular formula is C15H21N3O3. The van der Waals surface area contributed by atoms with Crippen molar-refractivity contribution in [2.75, 3.05) is 25.0 Å². The number of aryl methyl sites for hydroxylation is 1. The van der Waals surface area contributed by atoms with Crippen molar-refractivity contribution in [1.82, 2.24) is 4.90 Å². The Hall–Kier alpha value is -2.11. The van der Waals surface area contributed by atoms with Crippen LogP contribution >= 0.6 is 0 Å². The summed E-state index contributed by atoms with van der Waals surface area (Å²) in [6, 6.07) is 4.63. The van der Waals surface area contributed by atoms with Gasteiger partial charge in [-0.3, -0.25) is 14.9 Å². The predicted octanol–water partition coefficient (Wildman–Crippen LogP) is 2.57. The first-order chi connectivity index (χ1) is 9.97. The lowest BCUT2D eigenvalue weighted by molar-refractivity contribution is -0.384. The molecule has 6 heteroatoms. The molecule has 1 aliphatic rings. The summed E-state index contributed by atoms with van der Waals surface area (Å²) in [4.78, 5) is 24.4. The summed E-state index contributed by atoms with van der Waals surface area (Å²) in [6.07, 6.45) is 2.21. The number of amides is 1. The van der Waals surface area contributed by atoms with Crippen LogP contribution in [0.25, 0.3) is 0 Å². The van der Waals surface area contributed by atoms with Gasteiger partial charge in [-0.2, -0.15) is 0 Å². The normalized spacial score (nSPS) is 18.4. The average molecular weight is 291 g/mol. The second kappa shape index (κ2) is 6.56. The van der Waals surface area contributed by atoms with E-state index >= 15 is 0 Å². The van der Waals surface area contributed by atoms with E-state index in [2.05, 4.69) is 12.2 Å². The number of likely N-dealkylation sites (tertiary alicyclic amines) is 1. The van der Waals surface area contributed by atoms with Gasteiger partial charge >= 0.3 is 0 Å². The van der Waals surface area contributed by atoms with Gasteiger partial charge in [0.05, 0.1) is 11.5 Å². The molecular weight excluding hydrogens is 270 g/mol. The molecule has 1 aliphatic heterocycles. The molecule has 1 aromatic carbocycles. The minimum absolute atomic E-state index is 0.0298. The zero-order chi connectivity index (χ0) is 15.4. The lowest BCUT2D eigenvalue weighted by atomic mass is 10.0. The molecule has 1 aromatic rings. The quantitative estimate of drug-likeness (QED) is 0.683. The van der Waals surface area contributed by atoms with Gasteiger partial charge in [0.1, 0.15) is 0 Å². The maximum atomic E-state index is 12.2. The lowest BCUT2D eigenvalue weighted by Gasteiger charge is -2.31. The molecule has 0 spiro atoms. The highest BCUT2D eigenvalue weighted by molar-refractivity contribution is 5.81. The fraction of sp³-hybridized carbons (Fsp3) is 0.533. The summed E-state index contributed by atoms with van der Waals surface area (Å²) >= 11 is 0. The highest BCUT2D eigenvalue weighted by Gasteiger charge is 2.20. The SMILES string of the molecule is Cc1ccc([N+](=O)[O-])cc1NCC(=O)N1CCC[C@@H](C)C1. The Morgan fingerprint density at radius 3 is 2.95 bits per heavy atom. The topological polar surface area (TPSA) is 75.5 Å². The third-order valence-electron chi connectivity index (χ3n) is 3.87. The van der Waals surface area contributed by atoms with Gasteiger partial charge in [-0.05, 0) is 31.2 Å². The van der Waals surface area contributed by atoms with Crippen molar-refractivity contribution in [3.8, 4) is 0 Å². The van der Waals surface area contributed by atoms with E-state index in [1.807, 2.05) is 11.8 Å². The largest absolute Gasteiger partial charge is 0.376 e. The smallest absolute Gasteiger partial charge is 0.271 e. The van der Waals surface area contributed by atoms with Gasteiger partial charge in [0, 0.05) is 30.9 Å². The van der Waals surface area contributed by atoms with Crippen molar-refractivity contribution >= 4 is 17.3 Å². The molecule has 114 valence electrons. The number of hydrogen-bond donors (Lipinski definition) is 1. The Kier molecular flexibility index (Phi) is 4.77. The van der Waals surface area contributed by atoms with E-state index < -0.39 is 4.92 Å². The van der Waals surface area contributed by atoms with Gasteiger partial charge < -0.3 is 10.2 Å². The molecule has 2 rings (SSSR count). The molecule has 1 saturated heterocycles. The fourth-order valence-electron chi connectivity index (χ4n) is 2.61. The highest BCUT2D eigenvalue weighted by Crippen LogP contribution is 2.22. The molecule has 1 heterocycles. The number of carbonyl (C=O) groups is 1. The van der Waals surface area contributed by atoms with Crippen LogP contribution in [0.4, 0.5) is 11.4 Å². The van der Waals surface area contributed by atoms with Gasteiger partial charge in [0.15, 0.2) is 0 Å². The van der Waals surface area contributed by atoms with Gasteiger partial charge in [-0.1, -0.05) is 13.0 Å². The minimum atomic E-state index is -0.432. The van der Waals surface area contributed by atoms with Crippen LogP contribution in [0.2, 0.25) is 0 Å². The van der Waals surface area contributed by atoms with Gasteiger partial charge in [-0.15, -0.1) is 0 Å². The van der Waals surface area contributed by atoms with Gasteiger partial charge in [0.25, 0.3) is 5.69 Å². The highest BCUT2D eigenvalue weighted by atomic mass is 16.6. The molecule has 0 aliphatic carbocycles. The number of nitrogens with zero attached hydrogens (tertiary/aromatic N) is 2. The number of anilines is 1. The van der Waals surface area contributed by atoms with E-state index in [4.69, 9.17) is 0 Å². The number of hydrogen-bond acceptors (Lipinski definition) is 4. The molecule has 1 amide bonds. The van der Waals surface area contributed by atoms with Crippen LogP contribution in [0, 0.1) is 23.0 Å². The Balaban J connectivity index is 1.97. The Morgan fingerprint density at radius 2 is 2.29 bits per heavy atom. The van der Waals surface area contributed by atoms with Crippen molar-refractivity contribution in [3.63, 3.8) is 0 Å². The molecule has 0 bridgehead atoms. The maximum Gasteiger partial charge on any atom is 0.271 e. The summed E-state index contributed by atoms with van der Waals surface area (Å²) in [5.41, 5.74) is 1.56. The number of benzene rings is 1. The zero-order valence-electron chi connectivity index (χ0n) is 12.5. The lowest BCUT2D eigenvalue weighted by Crippen LogP contribution is -2.42. The van der Waals surface area contributed by atoms with Gasteiger partial charge in [-0.25, -0.2) is 0 Å². The summed E-state index contributed by atoms with van der Waals surface area (Å²) in [5.74, 6) is 0.592. The Bertz CT molecular complexity index is 545. The molecule has 6 nitrogen and oxygen atoms in total. The van der Waals surface area contributed by atoms with Gasteiger partial charge in [0.2, 0.25) is 5.91 Å². The van der Waals surface area contributed by atoms with E-state index in [9.17, 15) is 14.9 Å². The van der Waals surface area contributed by atoms with Crippen LogP contribution in [0.3, 0.4) is 0 Å². The van der Waals surface area contributed by atoms with Crippen LogP contribution < -0.4 is 5.32 Å². The number of piperidine rings is 1. The van der Waals surface area contributed by atoms with Crippen LogP contribution in [-0.2, 0) is 4.79 Å². The molecule has 21 heavy (non-hydrogen) atoms. The van der Waals surface area contributed by atoms with E-state index in [0.717, 1.165) is 25.1 Å². The third kappa shape index (κ3) is 3.93. The minimum Gasteiger partial charge on any atom is -0.376 e. The predicted molar refractivity (Wildman–Crippen MR) is 81.3 cm³/mol. The van der Waals surface area contributed by atoms with Crippen molar-refractivity contribution in [1.29, 1.82) is 0 Å².